The summed E-state index contributed by atoms with van der Waals surface area (Å²) in [6.07, 6.45) is 2.68. The van der Waals surface area contributed by atoms with E-state index in [1.807, 2.05) is 0 Å². The van der Waals surface area contributed by atoms with Gasteiger partial charge in [0.1, 0.15) is 0 Å². The Balaban J connectivity index is 1.80. The first-order valence-electron chi connectivity index (χ1n) is 8.24. The quantitative estimate of drug-likeness (QED) is 0.873. The molecule has 1 fully saturated rings. The zero-order valence-electron chi connectivity index (χ0n) is 13.9. The molecular formula is C18H31N3. The number of nitrogens with zero attached hydrogens (tertiary/aromatic N) is 2. The number of benzene rings is 1. The summed E-state index contributed by atoms with van der Waals surface area (Å²) in [4.78, 5) is 4.91. The summed E-state index contributed by atoms with van der Waals surface area (Å²) in [6, 6.07) is 8.98. The van der Waals surface area contributed by atoms with Gasteiger partial charge in [-0.05, 0) is 69.5 Å². The van der Waals surface area contributed by atoms with Gasteiger partial charge in [0.05, 0.1) is 0 Å². The summed E-state index contributed by atoms with van der Waals surface area (Å²) in [5.74, 6) is 1.32. The summed E-state index contributed by atoms with van der Waals surface area (Å²) in [7, 11) is 4.47. The molecule has 0 radical (unpaired) electrons. The predicted molar refractivity (Wildman–Crippen MR) is 90.5 cm³/mol. The number of rotatable bonds is 6. The fraction of sp³-hybridized carbons (Fsp3) is 0.667. The second-order valence-corrected chi connectivity index (χ2v) is 6.82. The fourth-order valence-electron chi connectivity index (χ4n) is 3.15. The minimum atomic E-state index is 0.455. The van der Waals surface area contributed by atoms with Crippen LogP contribution >= 0.6 is 0 Å². The van der Waals surface area contributed by atoms with Crippen LogP contribution < -0.4 is 5.73 Å². The van der Waals surface area contributed by atoms with E-state index in [-0.39, 0.29) is 0 Å². The standard InChI is InChI=1S/C18H31N3/c1-15(12-19)18-6-4-16(5-7-18)13-21(3)14-17-8-10-20(2)11-9-17/h4-7,15,17H,8-14,19H2,1-3H3. The Morgan fingerprint density at radius 2 is 1.86 bits per heavy atom. The van der Waals surface area contributed by atoms with Crippen molar-refractivity contribution in [3.05, 3.63) is 35.4 Å². The number of nitrogens with two attached hydrogens (primary N) is 1. The first kappa shape index (κ1) is 16.5. The lowest BCUT2D eigenvalue weighted by Crippen LogP contribution is -2.35. The molecule has 0 spiro atoms. The Kier molecular flexibility index (Phi) is 6.22. The van der Waals surface area contributed by atoms with Crippen molar-refractivity contribution >= 4 is 0 Å². The molecule has 1 aromatic rings. The highest BCUT2D eigenvalue weighted by atomic mass is 15.1. The van der Waals surface area contributed by atoms with E-state index in [0.717, 1.165) is 19.0 Å². The highest BCUT2D eigenvalue weighted by Crippen LogP contribution is 2.19. The molecule has 118 valence electrons. The zero-order valence-corrected chi connectivity index (χ0v) is 13.9. The van der Waals surface area contributed by atoms with Gasteiger partial charge in [-0.25, -0.2) is 0 Å². The van der Waals surface area contributed by atoms with E-state index in [0.29, 0.717) is 5.92 Å². The molecular weight excluding hydrogens is 258 g/mol. The Hall–Kier alpha value is -0.900. The molecule has 0 bridgehead atoms. The van der Waals surface area contributed by atoms with Gasteiger partial charge in [0.15, 0.2) is 0 Å². The normalized spacial score (nSPS) is 19.1. The van der Waals surface area contributed by atoms with Crippen molar-refractivity contribution in [2.75, 3.05) is 40.3 Å². The third-order valence-electron chi connectivity index (χ3n) is 4.76. The maximum absolute atomic E-state index is 5.73. The van der Waals surface area contributed by atoms with Gasteiger partial charge < -0.3 is 15.5 Å². The average Bonchev–Trinajstić information content (AvgIpc) is 2.49. The van der Waals surface area contributed by atoms with Crippen LogP contribution in [0.3, 0.4) is 0 Å². The summed E-state index contributed by atoms with van der Waals surface area (Å²) in [5.41, 5.74) is 8.47. The smallest absolute Gasteiger partial charge is 0.0230 e. The molecule has 0 aromatic heterocycles. The van der Waals surface area contributed by atoms with E-state index < -0.39 is 0 Å². The van der Waals surface area contributed by atoms with Gasteiger partial charge in [-0.3, -0.25) is 0 Å². The SMILES string of the molecule is CC(CN)c1ccc(CN(C)CC2CCN(C)CC2)cc1. The van der Waals surface area contributed by atoms with Gasteiger partial charge in [-0.15, -0.1) is 0 Å². The maximum atomic E-state index is 5.73. The van der Waals surface area contributed by atoms with Gasteiger partial charge in [-0.1, -0.05) is 31.2 Å². The maximum Gasteiger partial charge on any atom is 0.0230 e. The van der Waals surface area contributed by atoms with Gasteiger partial charge in [0.2, 0.25) is 0 Å². The molecule has 1 aliphatic rings. The molecule has 1 unspecified atom stereocenters. The summed E-state index contributed by atoms with van der Waals surface area (Å²) in [5, 5.41) is 0. The second-order valence-electron chi connectivity index (χ2n) is 6.82. The van der Waals surface area contributed by atoms with E-state index in [1.165, 1.54) is 43.6 Å². The van der Waals surface area contributed by atoms with Crippen molar-refractivity contribution in [2.24, 2.45) is 11.7 Å². The minimum absolute atomic E-state index is 0.455. The summed E-state index contributed by atoms with van der Waals surface area (Å²) in [6.45, 7) is 7.67. The van der Waals surface area contributed by atoms with E-state index in [4.69, 9.17) is 5.73 Å². The Morgan fingerprint density at radius 3 is 2.43 bits per heavy atom. The van der Waals surface area contributed by atoms with Crippen molar-refractivity contribution < 1.29 is 0 Å². The number of piperidine rings is 1. The lowest BCUT2D eigenvalue weighted by atomic mass is 9.96. The van der Waals surface area contributed by atoms with E-state index in [1.54, 1.807) is 0 Å². The van der Waals surface area contributed by atoms with Crippen molar-refractivity contribution in [2.45, 2.75) is 32.2 Å². The molecule has 1 atom stereocenters. The zero-order chi connectivity index (χ0) is 15.2. The van der Waals surface area contributed by atoms with Gasteiger partial charge in [0, 0.05) is 13.1 Å². The Bertz CT molecular complexity index is 407. The van der Waals surface area contributed by atoms with Gasteiger partial charge >= 0.3 is 0 Å². The monoisotopic (exact) mass is 289 g/mol. The minimum Gasteiger partial charge on any atom is -0.330 e. The molecule has 1 aliphatic heterocycles. The molecule has 0 amide bonds. The highest BCUT2D eigenvalue weighted by molar-refractivity contribution is 5.25. The molecule has 0 saturated carbocycles. The summed E-state index contributed by atoms with van der Waals surface area (Å²) >= 11 is 0. The average molecular weight is 289 g/mol. The molecule has 0 aliphatic carbocycles. The molecule has 3 heteroatoms. The van der Waals surface area contributed by atoms with E-state index in [9.17, 15) is 0 Å². The van der Waals surface area contributed by atoms with Crippen molar-refractivity contribution in [3.8, 4) is 0 Å². The molecule has 2 rings (SSSR count). The van der Waals surface area contributed by atoms with Crippen molar-refractivity contribution in [1.29, 1.82) is 0 Å². The van der Waals surface area contributed by atoms with Crippen molar-refractivity contribution in [1.82, 2.24) is 9.80 Å². The van der Waals surface area contributed by atoms with Crippen LogP contribution in [0.2, 0.25) is 0 Å². The van der Waals surface area contributed by atoms with Crippen LogP contribution in [-0.2, 0) is 6.54 Å². The number of hydrogen-bond donors (Lipinski definition) is 1. The molecule has 3 nitrogen and oxygen atoms in total. The third kappa shape index (κ3) is 5.10. The molecule has 1 aromatic carbocycles. The number of hydrogen-bond acceptors (Lipinski definition) is 3. The van der Waals surface area contributed by atoms with Crippen LogP contribution in [0, 0.1) is 5.92 Å². The van der Waals surface area contributed by atoms with Crippen LogP contribution in [0.1, 0.15) is 36.8 Å². The van der Waals surface area contributed by atoms with Crippen LogP contribution in [0.15, 0.2) is 24.3 Å². The third-order valence-corrected chi connectivity index (χ3v) is 4.76. The fourth-order valence-corrected chi connectivity index (χ4v) is 3.15. The Morgan fingerprint density at radius 1 is 1.24 bits per heavy atom. The van der Waals surface area contributed by atoms with Crippen LogP contribution in [0.4, 0.5) is 0 Å². The Labute approximate surface area is 130 Å². The molecule has 1 saturated heterocycles. The topological polar surface area (TPSA) is 32.5 Å². The van der Waals surface area contributed by atoms with E-state index in [2.05, 4.69) is 55.1 Å². The molecule has 2 N–H and O–H groups in total. The highest BCUT2D eigenvalue weighted by Gasteiger charge is 2.18. The number of likely N-dealkylation sites (tertiary alicyclic amines) is 1. The largest absolute Gasteiger partial charge is 0.330 e. The molecule has 1 heterocycles. The summed E-state index contributed by atoms with van der Waals surface area (Å²) < 4.78 is 0. The van der Waals surface area contributed by atoms with E-state index >= 15 is 0 Å². The lowest BCUT2D eigenvalue weighted by molar-refractivity contribution is 0.173. The first-order valence-corrected chi connectivity index (χ1v) is 8.24. The van der Waals surface area contributed by atoms with Gasteiger partial charge in [-0.2, -0.15) is 0 Å². The van der Waals surface area contributed by atoms with Crippen LogP contribution in [0.5, 0.6) is 0 Å². The molecule has 21 heavy (non-hydrogen) atoms. The lowest BCUT2D eigenvalue weighted by Gasteiger charge is -2.31. The van der Waals surface area contributed by atoms with Crippen molar-refractivity contribution in [3.63, 3.8) is 0 Å². The first-order chi connectivity index (χ1) is 10.1. The van der Waals surface area contributed by atoms with Gasteiger partial charge in [0.25, 0.3) is 0 Å². The predicted octanol–water partition coefficient (Wildman–Crippen LogP) is 2.52. The second kappa shape index (κ2) is 7.92. The van der Waals surface area contributed by atoms with Crippen LogP contribution in [0.25, 0.3) is 0 Å². The van der Waals surface area contributed by atoms with Crippen LogP contribution in [-0.4, -0.2) is 50.1 Å².